The van der Waals surface area contributed by atoms with Crippen LogP contribution < -0.4 is 0 Å². The molecule has 1 N–H and O–H groups in total. The van der Waals surface area contributed by atoms with Gasteiger partial charge in [0.2, 0.25) is 0 Å². The minimum atomic E-state index is -0.533. The van der Waals surface area contributed by atoms with Crippen molar-refractivity contribution in [3.8, 4) is 0 Å². The summed E-state index contributed by atoms with van der Waals surface area (Å²) in [5.74, 6) is 2.00. The fraction of sp³-hybridized carbons (Fsp3) is 0.692. The van der Waals surface area contributed by atoms with Crippen LogP contribution in [0.3, 0.4) is 0 Å². The van der Waals surface area contributed by atoms with E-state index in [4.69, 9.17) is 4.42 Å². The van der Waals surface area contributed by atoms with Gasteiger partial charge in [-0.05, 0) is 30.7 Å². The highest BCUT2D eigenvalue weighted by atomic mass is 16.3. The van der Waals surface area contributed by atoms with Crippen molar-refractivity contribution in [2.45, 2.75) is 44.6 Å². The summed E-state index contributed by atoms with van der Waals surface area (Å²) in [6, 6.07) is 1.97. The molecule has 0 radical (unpaired) electrons. The van der Waals surface area contributed by atoms with Gasteiger partial charge in [-0.2, -0.15) is 0 Å². The minimum absolute atomic E-state index is 0.508. The lowest BCUT2D eigenvalue weighted by atomic mass is 10.0. The Morgan fingerprint density at radius 1 is 1.40 bits per heavy atom. The Hall–Kier alpha value is -0.760. The lowest BCUT2D eigenvalue weighted by Crippen LogP contribution is -2.11. The Labute approximate surface area is 90.3 Å². The average molecular weight is 206 g/mol. The molecule has 0 aromatic carbocycles. The summed E-state index contributed by atoms with van der Waals surface area (Å²) in [5, 5.41) is 10.7. The first-order chi connectivity index (χ1) is 7.28. The number of aryl methyl sites for hydroxylation is 1. The first-order valence-electron chi connectivity index (χ1n) is 6.07. The van der Waals surface area contributed by atoms with Gasteiger partial charge in [0, 0.05) is 12.0 Å². The first kappa shape index (κ1) is 9.46. The van der Waals surface area contributed by atoms with Crippen LogP contribution in [0.25, 0.3) is 0 Å². The van der Waals surface area contributed by atoms with Gasteiger partial charge in [0.15, 0.2) is 0 Å². The van der Waals surface area contributed by atoms with E-state index in [0.717, 1.165) is 17.7 Å². The highest BCUT2D eigenvalue weighted by Gasteiger charge is 2.65. The van der Waals surface area contributed by atoms with Crippen molar-refractivity contribution in [2.24, 2.45) is 11.8 Å². The number of furan rings is 1. The van der Waals surface area contributed by atoms with Gasteiger partial charge in [-0.15, -0.1) is 0 Å². The maximum Gasteiger partial charge on any atom is 0.109 e. The number of fused-ring (bicyclic) bond motifs is 1. The summed E-state index contributed by atoms with van der Waals surface area (Å²) in [6.07, 6.45) is 7.54. The molecule has 15 heavy (non-hydrogen) atoms. The molecule has 2 aliphatic carbocycles. The van der Waals surface area contributed by atoms with E-state index >= 15 is 0 Å². The average Bonchev–Trinajstić information content (AvgIpc) is 2.69. The van der Waals surface area contributed by atoms with Gasteiger partial charge in [0.25, 0.3) is 0 Å². The molecule has 2 unspecified atom stereocenters. The van der Waals surface area contributed by atoms with E-state index in [1.807, 2.05) is 6.07 Å². The van der Waals surface area contributed by atoms with Crippen LogP contribution in [-0.2, 0) is 12.0 Å². The Kier molecular flexibility index (Phi) is 1.96. The van der Waals surface area contributed by atoms with E-state index < -0.39 is 5.60 Å². The summed E-state index contributed by atoms with van der Waals surface area (Å²) in [5.41, 5.74) is 0.538. The standard InChI is InChI=1S/C13H18O2/c1-2-12-11(7-8-15-12)13(14)9-5-3-4-6-10(9)13/h7-10,14H,2-6H2,1H3. The van der Waals surface area contributed by atoms with Crippen LogP contribution in [-0.4, -0.2) is 5.11 Å². The maximum absolute atomic E-state index is 10.7. The molecule has 0 amide bonds. The van der Waals surface area contributed by atoms with E-state index in [-0.39, 0.29) is 0 Å². The fourth-order valence-electron chi connectivity index (χ4n) is 3.46. The van der Waals surface area contributed by atoms with E-state index in [9.17, 15) is 5.11 Å². The molecular formula is C13H18O2. The predicted molar refractivity (Wildman–Crippen MR) is 57.4 cm³/mol. The number of rotatable bonds is 2. The minimum Gasteiger partial charge on any atom is -0.469 e. The molecule has 0 saturated heterocycles. The molecular weight excluding hydrogens is 188 g/mol. The first-order valence-corrected chi connectivity index (χ1v) is 6.07. The van der Waals surface area contributed by atoms with Crippen LogP contribution in [0.15, 0.2) is 16.7 Å². The van der Waals surface area contributed by atoms with Crippen LogP contribution in [0.4, 0.5) is 0 Å². The summed E-state index contributed by atoms with van der Waals surface area (Å²) >= 11 is 0. The third kappa shape index (κ3) is 1.14. The van der Waals surface area contributed by atoms with Gasteiger partial charge in [0.1, 0.15) is 5.76 Å². The Morgan fingerprint density at radius 2 is 2.07 bits per heavy atom. The summed E-state index contributed by atoms with van der Waals surface area (Å²) in [4.78, 5) is 0. The van der Waals surface area contributed by atoms with Gasteiger partial charge in [0.05, 0.1) is 11.9 Å². The van der Waals surface area contributed by atoms with Crippen LogP contribution in [0.2, 0.25) is 0 Å². The molecule has 3 rings (SSSR count). The van der Waals surface area contributed by atoms with Gasteiger partial charge in [-0.1, -0.05) is 19.8 Å². The van der Waals surface area contributed by atoms with Crippen LogP contribution in [0.5, 0.6) is 0 Å². The van der Waals surface area contributed by atoms with E-state index in [0.29, 0.717) is 11.8 Å². The van der Waals surface area contributed by atoms with Gasteiger partial charge in [-0.25, -0.2) is 0 Å². The maximum atomic E-state index is 10.7. The zero-order valence-electron chi connectivity index (χ0n) is 9.20. The van der Waals surface area contributed by atoms with Gasteiger partial charge >= 0.3 is 0 Å². The summed E-state index contributed by atoms with van der Waals surface area (Å²) in [7, 11) is 0. The summed E-state index contributed by atoms with van der Waals surface area (Å²) in [6.45, 7) is 2.08. The molecule has 1 aromatic rings. The van der Waals surface area contributed by atoms with Crippen molar-refractivity contribution in [2.75, 3.05) is 0 Å². The molecule has 82 valence electrons. The lowest BCUT2D eigenvalue weighted by molar-refractivity contribution is 0.116. The molecule has 0 aliphatic heterocycles. The molecule has 1 aromatic heterocycles. The van der Waals surface area contributed by atoms with E-state index in [1.165, 1.54) is 25.7 Å². The van der Waals surface area contributed by atoms with Crippen molar-refractivity contribution in [1.29, 1.82) is 0 Å². The lowest BCUT2D eigenvalue weighted by Gasteiger charge is -2.09. The SMILES string of the molecule is CCc1occc1C1(O)C2CCCCC21. The van der Waals surface area contributed by atoms with E-state index in [1.54, 1.807) is 6.26 Å². The normalized spacial score (nSPS) is 38.8. The molecule has 2 fully saturated rings. The third-order valence-corrected chi connectivity index (χ3v) is 4.29. The molecule has 2 heteroatoms. The van der Waals surface area contributed by atoms with Crippen molar-refractivity contribution < 1.29 is 9.52 Å². The van der Waals surface area contributed by atoms with Crippen molar-refractivity contribution in [3.05, 3.63) is 23.7 Å². The molecule has 2 atom stereocenters. The third-order valence-electron chi connectivity index (χ3n) is 4.29. The highest BCUT2D eigenvalue weighted by Crippen LogP contribution is 2.65. The molecule has 2 saturated carbocycles. The van der Waals surface area contributed by atoms with E-state index in [2.05, 4.69) is 6.92 Å². The fourth-order valence-corrected chi connectivity index (χ4v) is 3.46. The number of hydrogen-bond acceptors (Lipinski definition) is 2. The quantitative estimate of drug-likeness (QED) is 0.807. The molecule has 2 nitrogen and oxygen atoms in total. The van der Waals surface area contributed by atoms with Crippen LogP contribution >= 0.6 is 0 Å². The zero-order chi connectivity index (χ0) is 10.5. The highest BCUT2D eigenvalue weighted by molar-refractivity contribution is 5.35. The number of hydrogen-bond donors (Lipinski definition) is 1. The van der Waals surface area contributed by atoms with Crippen LogP contribution in [0, 0.1) is 11.8 Å². The van der Waals surface area contributed by atoms with Crippen LogP contribution in [0.1, 0.15) is 43.9 Å². The second-order valence-electron chi connectivity index (χ2n) is 4.93. The summed E-state index contributed by atoms with van der Waals surface area (Å²) < 4.78 is 5.43. The molecule has 0 spiro atoms. The molecule has 2 aliphatic rings. The molecule has 0 bridgehead atoms. The molecule has 1 heterocycles. The van der Waals surface area contributed by atoms with Crippen molar-refractivity contribution in [3.63, 3.8) is 0 Å². The smallest absolute Gasteiger partial charge is 0.109 e. The van der Waals surface area contributed by atoms with Crippen molar-refractivity contribution >= 4 is 0 Å². The number of aliphatic hydroxyl groups is 1. The second kappa shape index (κ2) is 3.11. The Bertz CT molecular complexity index is 354. The van der Waals surface area contributed by atoms with Gasteiger partial charge < -0.3 is 9.52 Å². The van der Waals surface area contributed by atoms with Gasteiger partial charge in [-0.3, -0.25) is 0 Å². The van der Waals surface area contributed by atoms with Crippen molar-refractivity contribution in [1.82, 2.24) is 0 Å². The zero-order valence-corrected chi connectivity index (χ0v) is 9.20. The monoisotopic (exact) mass is 206 g/mol. The topological polar surface area (TPSA) is 33.4 Å². The second-order valence-corrected chi connectivity index (χ2v) is 4.93. The Morgan fingerprint density at radius 3 is 2.67 bits per heavy atom. The Balaban J connectivity index is 1.94. The largest absolute Gasteiger partial charge is 0.469 e. The predicted octanol–water partition coefficient (Wildman–Crippen LogP) is 2.85.